The van der Waals surface area contributed by atoms with Crippen LogP contribution in [-0.4, -0.2) is 24.7 Å². The fourth-order valence-electron chi connectivity index (χ4n) is 1.36. The van der Waals surface area contributed by atoms with Crippen LogP contribution in [0.1, 0.15) is 26.7 Å². The highest BCUT2D eigenvalue weighted by atomic mass is 16.5. The molecule has 0 aromatic heterocycles. The SMILES string of the molecule is CCOC(=O)C1(C)CCCN1. The van der Waals surface area contributed by atoms with Gasteiger partial charge < -0.3 is 10.1 Å². The summed E-state index contributed by atoms with van der Waals surface area (Å²) in [6.45, 7) is 5.12. The van der Waals surface area contributed by atoms with Crippen LogP contribution in [0.15, 0.2) is 0 Å². The molecule has 0 aromatic carbocycles. The molecule has 1 fully saturated rings. The zero-order valence-corrected chi connectivity index (χ0v) is 7.14. The molecule has 1 aliphatic rings. The van der Waals surface area contributed by atoms with Gasteiger partial charge in [-0.1, -0.05) is 0 Å². The predicted molar refractivity (Wildman–Crippen MR) is 42.3 cm³/mol. The van der Waals surface area contributed by atoms with Gasteiger partial charge in [-0.05, 0) is 33.2 Å². The summed E-state index contributed by atoms with van der Waals surface area (Å²) in [5, 5.41) is 3.14. The van der Waals surface area contributed by atoms with Gasteiger partial charge >= 0.3 is 5.97 Å². The molecule has 0 spiro atoms. The number of ether oxygens (including phenoxy) is 1. The molecule has 11 heavy (non-hydrogen) atoms. The van der Waals surface area contributed by atoms with E-state index in [2.05, 4.69) is 5.32 Å². The first-order chi connectivity index (χ1) is 5.19. The summed E-state index contributed by atoms with van der Waals surface area (Å²) < 4.78 is 4.93. The van der Waals surface area contributed by atoms with Gasteiger partial charge in [-0.3, -0.25) is 4.79 Å². The lowest BCUT2D eigenvalue weighted by Crippen LogP contribution is -2.45. The summed E-state index contributed by atoms with van der Waals surface area (Å²) in [5.41, 5.74) is -0.407. The Morgan fingerprint density at radius 3 is 2.91 bits per heavy atom. The van der Waals surface area contributed by atoms with Crippen LogP contribution in [0.2, 0.25) is 0 Å². The molecule has 1 aliphatic heterocycles. The van der Waals surface area contributed by atoms with Crippen molar-refractivity contribution in [3.8, 4) is 0 Å². The number of carbonyl (C=O) groups excluding carboxylic acids is 1. The quantitative estimate of drug-likeness (QED) is 0.599. The van der Waals surface area contributed by atoms with E-state index >= 15 is 0 Å². The second-order valence-corrected chi connectivity index (χ2v) is 3.08. The van der Waals surface area contributed by atoms with Crippen LogP contribution in [0.5, 0.6) is 0 Å². The van der Waals surface area contributed by atoms with Crippen molar-refractivity contribution >= 4 is 5.97 Å². The Labute approximate surface area is 67.1 Å². The first kappa shape index (κ1) is 8.53. The van der Waals surface area contributed by atoms with E-state index in [0.717, 1.165) is 19.4 Å². The second-order valence-electron chi connectivity index (χ2n) is 3.08. The van der Waals surface area contributed by atoms with Crippen molar-refractivity contribution in [2.75, 3.05) is 13.2 Å². The maximum atomic E-state index is 11.3. The Kier molecular flexibility index (Phi) is 2.49. The number of nitrogens with one attached hydrogen (secondary N) is 1. The Hall–Kier alpha value is -0.570. The molecule has 0 bridgehead atoms. The number of rotatable bonds is 2. The number of hydrogen-bond acceptors (Lipinski definition) is 3. The first-order valence-corrected chi connectivity index (χ1v) is 4.11. The van der Waals surface area contributed by atoms with Gasteiger partial charge in [0.1, 0.15) is 5.54 Å². The van der Waals surface area contributed by atoms with Gasteiger partial charge in [0.25, 0.3) is 0 Å². The summed E-state index contributed by atoms with van der Waals surface area (Å²) in [6.07, 6.45) is 1.96. The van der Waals surface area contributed by atoms with E-state index in [4.69, 9.17) is 4.74 Å². The average Bonchev–Trinajstić information content (AvgIpc) is 2.38. The molecule has 1 N–H and O–H groups in total. The molecular formula is C8H15NO2. The molecule has 1 unspecified atom stereocenters. The molecule has 0 saturated carbocycles. The van der Waals surface area contributed by atoms with Gasteiger partial charge in [0.05, 0.1) is 6.61 Å². The van der Waals surface area contributed by atoms with Crippen molar-refractivity contribution in [2.24, 2.45) is 0 Å². The van der Waals surface area contributed by atoms with Crippen molar-refractivity contribution in [3.63, 3.8) is 0 Å². The lowest BCUT2D eigenvalue weighted by atomic mass is 10.0. The summed E-state index contributed by atoms with van der Waals surface area (Å²) in [7, 11) is 0. The van der Waals surface area contributed by atoms with Gasteiger partial charge in [-0.2, -0.15) is 0 Å². The van der Waals surface area contributed by atoms with E-state index < -0.39 is 5.54 Å². The smallest absolute Gasteiger partial charge is 0.326 e. The topological polar surface area (TPSA) is 38.3 Å². The van der Waals surface area contributed by atoms with Crippen molar-refractivity contribution in [1.29, 1.82) is 0 Å². The maximum absolute atomic E-state index is 11.3. The minimum atomic E-state index is -0.407. The van der Waals surface area contributed by atoms with Gasteiger partial charge in [0.2, 0.25) is 0 Å². The van der Waals surface area contributed by atoms with E-state index in [0.29, 0.717) is 6.61 Å². The molecule has 1 atom stereocenters. The molecule has 0 aliphatic carbocycles. The normalized spacial score (nSPS) is 30.4. The molecule has 3 nitrogen and oxygen atoms in total. The van der Waals surface area contributed by atoms with E-state index in [9.17, 15) is 4.79 Å². The standard InChI is InChI=1S/C8H15NO2/c1-3-11-7(10)8(2)5-4-6-9-8/h9H,3-6H2,1-2H3. The lowest BCUT2D eigenvalue weighted by molar-refractivity contribution is -0.149. The Balaban J connectivity index is 2.49. The van der Waals surface area contributed by atoms with Gasteiger partial charge in [0.15, 0.2) is 0 Å². The minimum absolute atomic E-state index is 0.113. The fourth-order valence-corrected chi connectivity index (χ4v) is 1.36. The molecule has 1 rings (SSSR count). The third kappa shape index (κ3) is 1.71. The van der Waals surface area contributed by atoms with Crippen LogP contribution in [0, 0.1) is 0 Å². The van der Waals surface area contributed by atoms with Crippen LogP contribution in [0.25, 0.3) is 0 Å². The van der Waals surface area contributed by atoms with Crippen molar-refractivity contribution in [1.82, 2.24) is 5.32 Å². The molecule has 0 amide bonds. The van der Waals surface area contributed by atoms with Crippen LogP contribution in [0.3, 0.4) is 0 Å². The molecule has 1 saturated heterocycles. The highest BCUT2D eigenvalue weighted by molar-refractivity contribution is 5.80. The van der Waals surface area contributed by atoms with E-state index in [-0.39, 0.29) is 5.97 Å². The Bertz CT molecular complexity index is 150. The van der Waals surface area contributed by atoms with Crippen LogP contribution in [0.4, 0.5) is 0 Å². The van der Waals surface area contributed by atoms with Crippen LogP contribution >= 0.6 is 0 Å². The second kappa shape index (κ2) is 3.22. The van der Waals surface area contributed by atoms with E-state index in [1.807, 2.05) is 13.8 Å². The largest absolute Gasteiger partial charge is 0.465 e. The zero-order chi connectivity index (χ0) is 8.32. The molecule has 0 radical (unpaired) electrons. The summed E-state index contributed by atoms with van der Waals surface area (Å²) in [5.74, 6) is -0.113. The zero-order valence-electron chi connectivity index (χ0n) is 7.14. The summed E-state index contributed by atoms with van der Waals surface area (Å²) >= 11 is 0. The van der Waals surface area contributed by atoms with E-state index in [1.54, 1.807) is 0 Å². The summed E-state index contributed by atoms with van der Waals surface area (Å²) in [6, 6.07) is 0. The summed E-state index contributed by atoms with van der Waals surface area (Å²) in [4.78, 5) is 11.3. The third-order valence-electron chi connectivity index (χ3n) is 2.09. The number of carbonyl (C=O) groups is 1. The average molecular weight is 157 g/mol. The monoisotopic (exact) mass is 157 g/mol. The maximum Gasteiger partial charge on any atom is 0.326 e. The Morgan fingerprint density at radius 1 is 1.73 bits per heavy atom. The first-order valence-electron chi connectivity index (χ1n) is 4.11. The third-order valence-corrected chi connectivity index (χ3v) is 2.09. The fraction of sp³-hybridized carbons (Fsp3) is 0.875. The highest BCUT2D eigenvalue weighted by Gasteiger charge is 2.36. The number of esters is 1. The van der Waals surface area contributed by atoms with Gasteiger partial charge in [0, 0.05) is 0 Å². The van der Waals surface area contributed by atoms with E-state index in [1.165, 1.54) is 0 Å². The van der Waals surface area contributed by atoms with Crippen LogP contribution < -0.4 is 5.32 Å². The molecule has 64 valence electrons. The molecule has 1 heterocycles. The minimum Gasteiger partial charge on any atom is -0.465 e. The van der Waals surface area contributed by atoms with Crippen molar-refractivity contribution in [2.45, 2.75) is 32.2 Å². The van der Waals surface area contributed by atoms with Gasteiger partial charge in [-0.25, -0.2) is 0 Å². The van der Waals surface area contributed by atoms with Gasteiger partial charge in [-0.15, -0.1) is 0 Å². The number of hydrogen-bond donors (Lipinski definition) is 1. The van der Waals surface area contributed by atoms with Crippen LogP contribution in [-0.2, 0) is 9.53 Å². The molecule has 0 aromatic rings. The molecular weight excluding hydrogens is 142 g/mol. The predicted octanol–water partition coefficient (Wildman–Crippen LogP) is 0.692. The lowest BCUT2D eigenvalue weighted by Gasteiger charge is -2.21. The van der Waals surface area contributed by atoms with Crippen molar-refractivity contribution in [3.05, 3.63) is 0 Å². The molecule has 3 heteroatoms. The Morgan fingerprint density at radius 2 is 2.45 bits per heavy atom. The highest BCUT2D eigenvalue weighted by Crippen LogP contribution is 2.19. The van der Waals surface area contributed by atoms with Crippen molar-refractivity contribution < 1.29 is 9.53 Å².